The largest absolute Gasteiger partial charge is 0.394 e. The minimum Gasteiger partial charge on any atom is -0.394 e. The number of oxime groups is 2. The van der Waals surface area contributed by atoms with Crippen molar-refractivity contribution in [2.75, 3.05) is 53.5 Å². The number of hydrogen-bond donors (Lipinski definition) is 10. The van der Waals surface area contributed by atoms with Gasteiger partial charge in [-0.1, -0.05) is 0 Å². The van der Waals surface area contributed by atoms with Gasteiger partial charge in [-0.15, -0.1) is 0 Å². The molecule has 0 radical (unpaired) electrons. The van der Waals surface area contributed by atoms with Crippen molar-refractivity contribution < 1.29 is 69.7 Å². The van der Waals surface area contributed by atoms with Crippen molar-refractivity contribution in [3.8, 4) is 0 Å². The van der Waals surface area contributed by atoms with E-state index >= 15 is 0 Å². The van der Waals surface area contributed by atoms with Crippen molar-refractivity contribution in [2.24, 2.45) is 21.8 Å². The predicted octanol–water partition coefficient (Wildman–Crippen LogP) is -8.48. The van der Waals surface area contributed by atoms with Crippen molar-refractivity contribution in [3.05, 3.63) is 12.2 Å². The summed E-state index contributed by atoms with van der Waals surface area (Å²) >= 11 is 0. The van der Waals surface area contributed by atoms with Gasteiger partial charge in [0.1, 0.15) is 36.6 Å². The normalized spacial score (nSPS) is 29.0. The average Bonchev–Trinajstić information content (AvgIpc) is 3.02. The number of likely N-dealkylation sites (N-methyl/N-ethyl adjacent to an activating group) is 2. The van der Waals surface area contributed by atoms with Gasteiger partial charge in [-0.25, -0.2) is 9.59 Å². The first-order valence-electron chi connectivity index (χ1n) is 13.6. The smallest absolute Gasteiger partial charge is 0.359 e. The summed E-state index contributed by atoms with van der Waals surface area (Å²) in [5.74, 6) is -4.78. The number of nitrogens with two attached hydrogens (primary N) is 2. The van der Waals surface area contributed by atoms with Crippen molar-refractivity contribution in [3.63, 3.8) is 0 Å². The van der Waals surface area contributed by atoms with E-state index in [1.54, 1.807) is 0 Å². The van der Waals surface area contributed by atoms with Crippen molar-refractivity contribution in [1.29, 1.82) is 0 Å². The number of nitrogens with zero attached hydrogens (tertiary/aromatic N) is 6. The van der Waals surface area contributed by atoms with Crippen LogP contribution in [0.15, 0.2) is 22.5 Å². The highest BCUT2D eigenvalue weighted by Crippen LogP contribution is 2.20. The Bertz CT molecular complexity index is 1100. The van der Waals surface area contributed by atoms with Gasteiger partial charge < -0.3 is 81.6 Å². The van der Waals surface area contributed by atoms with Gasteiger partial charge in [-0.2, -0.15) is 0 Å². The van der Waals surface area contributed by atoms with E-state index in [1.807, 2.05) is 0 Å². The number of amides is 2. The zero-order valence-corrected chi connectivity index (χ0v) is 24.9. The fourth-order valence-electron chi connectivity index (χ4n) is 4.42. The van der Waals surface area contributed by atoms with Crippen LogP contribution in [-0.4, -0.2) is 198 Å². The molecule has 22 heteroatoms. The molecule has 0 aromatic carbocycles. The highest BCUT2D eigenvalue weighted by molar-refractivity contribution is 5.93. The molecule has 2 rings (SSSR count). The van der Waals surface area contributed by atoms with Gasteiger partial charge in [0, 0.05) is 39.3 Å². The lowest BCUT2D eigenvalue weighted by atomic mass is 9.94. The molecule has 2 aliphatic rings. The molecule has 260 valence electrons. The van der Waals surface area contributed by atoms with Crippen LogP contribution in [0, 0.1) is 0 Å². The number of carbonyl (C=O) groups is 4. The predicted molar refractivity (Wildman–Crippen MR) is 151 cm³/mol. The second kappa shape index (κ2) is 17.0. The van der Waals surface area contributed by atoms with Gasteiger partial charge in [-0.3, -0.25) is 9.59 Å². The number of likely N-dealkylation sites (tertiary alicyclic amines) is 2. The van der Waals surface area contributed by atoms with Crippen LogP contribution in [0.25, 0.3) is 0 Å². The third-order valence-electron chi connectivity index (χ3n) is 7.20. The summed E-state index contributed by atoms with van der Waals surface area (Å²) in [6, 6.07) is -2.38. The molecule has 12 N–H and O–H groups in total. The second-order valence-corrected chi connectivity index (χ2v) is 10.5. The highest BCUT2D eigenvalue weighted by atomic mass is 16.7. The fraction of sp³-hybridized carbons (Fsp3) is 0.667. The topological polar surface area (TPSA) is 338 Å². The Hall–Kier alpha value is -4.16. The number of piperidine rings is 2. The van der Waals surface area contributed by atoms with Gasteiger partial charge in [-0.05, 0) is 10.3 Å². The van der Waals surface area contributed by atoms with Gasteiger partial charge in [0.15, 0.2) is 0 Å². The molecule has 0 aliphatic carbocycles. The quantitative estimate of drug-likeness (QED) is 0.0340. The maximum atomic E-state index is 12.6. The molecule has 22 nitrogen and oxygen atoms in total. The summed E-state index contributed by atoms with van der Waals surface area (Å²) in [6.45, 7) is -3.13. The van der Waals surface area contributed by atoms with Gasteiger partial charge >= 0.3 is 11.9 Å². The van der Waals surface area contributed by atoms with Crippen LogP contribution in [0.2, 0.25) is 0 Å². The molecule has 0 unspecified atom stereocenters. The second-order valence-electron chi connectivity index (χ2n) is 10.5. The molecular formula is C24H40N8O14. The molecule has 46 heavy (non-hydrogen) atoms. The molecule has 0 bridgehead atoms. The summed E-state index contributed by atoms with van der Waals surface area (Å²) in [5, 5.41) is 84.9. The minimum atomic E-state index is -1.60. The summed E-state index contributed by atoms with van der Waals surface area (Å²) in [5.41, 5.74) is 11.4. The van der Waals surface area contributed by atoms with E-state index in [-0.39, 0.29) is 13.1 Å². The number of aliphatic hydroxyl groups is 8. The highest BCUT2D eigenvalue weighted by Gasteiger charge is 2.44. The van der Waals surface area contributed by atoms with Crippen molar-refractivity contribution in [2.45, 2.75) is 48.7 Å². The molecule has 2 saturated heterocycles. The van der Waals surface area contributed by atoms with E-state index in [1.165, 1.54) is 14.1 Å². The molecule has 0 aromatic rings. The lowest BCUT2D eigenvalue weighted by molar-refractivity contribution is -0.166. The van der Waals surface area contributed by atoms with E-state index < -0.39 is 111 Å². The zero-order valence-electron chi connectivity index (χ0n) is 24.9. The van der Waals surface area contributed by atoms with E-state index in [2.05, 4.69) is 20.0 Å². The molecule has 0 saturated carbocycles. The SMILES string of the molecule is CN(CC(=O)N1C[C@@H](O)[C@@H](O)[C@H](O)[C@H]1CO)C(N)=NOC(=O)/C=C/C(=O)ON=C(N)N(C)CC(=O)N1C[C@@H](O)[C@@H](O)[C@H](O)[C@H]1CO. The lowest BCUT2D eigenvalue weighted by Gasteiger charge is -2.43. The number of hydrogen-bond acceptors (Lipinski definition) is 16. The molecular weight excluding hydrogens is 624 g/mol. The first kappa shape index (κ1) is 38.0. The van der Waals surface area contributed by atoms with Crippen LogP contribution in [0.4, 0.5) is 0 Å². The average molecular weight is 665 g/mol. The Kier molecular flexibility index (Phi) is 14.0. The molecule has 2 fully saturated rings. The van der Waals surface area contributed by atoms with Crippen LogP contribution in [-0.2, 0) is 28.9 Å². The fourth-order valence-corrected chi connectivity index (χ4v) is 4.42. The van der Waals surface area contributed by atoms with Gasteiger partial charge in [0.2, 0.25) is 23.7 Å². The number of carbonyl (C=O) groups excluding carboxylic acids is 4. The first-order chi connectivity index (χ1) is 21.5. The summed E-state index contributed by atoms with van der Waals surface area (Å²) < 4.78 is 0. The number of aliphatic hydroxyl groups excluding tert-OH is 8. The van der Waals surface area contributed by atoms with Gasteiger partial charge in [0.25, 0.3) is 0 Å². The lowest BCUT2D eigenvalue weighted by Crippen LogP contribution is -2.65. The zero-order chi connectivity index (χ0) is 34.9. The maximum Gasteiger partial charge on any atom is 0.359 e. The van der Waals surface area contributed by atoms with E-state index in [0.717, 1.165) is 19.6 Å². The molecule has 2 heterocycles. The van der Waals surface area contributed by atoms with Crippen LogP contribution < -0.4 is 11.5 Å². The Morgan fingerprint density at radius 2 is 1.02 bits per heavy atom. The van der Waals surface area contributed by atoms with Crippen LogP contribution in [0.1, 0.15) is 0 Å². The Morgan fingerprint density at radius 1 is 0.696 bits per heavy atom. The van der Waals surface area contributed by atoms with E-state index in [4.69, 9.17) is 11.5 Å². The summed E-state index contributed by atoms with van der Waals surface area (Å²) in [7, 11) is 2.58. The van der Waals surface area contributed by atoms with E-state index in [0.29, 0.717) is 12.2 Å². The monoisotopic (exact) mass is 664 g/mol. The third-order valence-corrected chi connectivity index (χ3v) is 7.20. The van der Waals surface area contributed by atoms with Crippen molar-refractivity contribution >= 4 is 35.7 Å². The number of rotatable bonds is 10. The van der Waals surface area contributed by atoms with Crippen LogP contribution >= 0.6 is 0 Å². The standard InChI is InChI=1S/C24H40N8O14/c1-29(7-15(37)31-5-13(35)21(43)19(41)11(31)9-33)23(25)27-45-17(39)3-4-18(40)46-28-24(26)30(2)8-16(38)32-6-14(36)22(44)20(42)12(32)10-34/h3-4,11-14,19-22,33-36,41-44H,5-10H2,1-2H3,(H2,25,27)(H2,26,28)/b4-3+/t11-,12-,13-,14-,19-,20-,21-,22-/m1/s1. The summed E-state index contributed by atoms with van der Waals surface area (Å²) in [4.78, 5) is 62.1. The Labute approximate surface area is 261 Å². The maximum absolute atomic E-state index is 12.6. The Balaban J connectivity index is 1.85. The number of β-amino-alcohol motifs (C(OH)–C–C–N with tert-alkyl or cyclic N) is 2. The molecule has 2 amide bonds. The molecule has 8 atom stereocenters. The Morgan fingerprint density at radius 3 is 1.33 bits per heavy atom. The molecule has 2 aliphatic heterocycles. The number of guanidine groups is 2. The molecule has 0 spiro atoms. The van der Waals surface area contributed by atoms with Crippen LogP contribution in [0.3, 0.4) is 0 Å². The van der Waals surface area contributed by atoms with E-state index in [9.17, 15) is 60.0 Å². The first-order valence-corrected chi connectivity index (χ1v) is 13.6. The van der Waals surface area contributed by atoms with Crippen LogP contribution in [0.5, 0.6) is 0 Å². The van der Waals surface area contributed by atoms with Gasteiger partial charge in [0.05, 0.1) is 38.4 Å². The third kappa shape index (κ3) is 9.67. The molecule has 0 aromatic heterocycles. The summed E-state index contributed by atoms with van der Waals surface area (Å²) in [6.07, 6.45) is -8.07. The minimum absolute atomic E-state index is 0.376. The van der Waals surface area contributed by atoms with Crippen molar-refractivity contribution in [1.82, 2.24) is 19.6 Å².